The number of nitrogens with zero attached hydrogens (tertiary/aromatic N) is 3. The van der Waals surface area contributed by atoms with Gasteiger partial charge in [0.15, 0.2) is 11.0 Å². The van der Waals surface area contributed by atoms with E-state index < -0.39 is 0 Å². The van der Waals surface area contributed by atoms with E-state index in [1.165, 1.54) is 11.8 Å². The molecule has 3 rings (SSSR count). The van der Waals surface area contributed by atoms with E-state index in [0.717, 1.165) is 5.56 Å². The summed E-state index contributed by atoms with van der Waals surface area (Å²) in [4.78, 5) is 12.2. The van der Waals surface area contributed by atoms with Crippen molar-refractivity contribution >= 4 is 46.6 Å². The Kier molecular flexibility index (Phi) is 7.41. The SMILES string of the molecule is CCn1c(COc2cc(C)ccc2Cl)nnc1SCC(=O)Nc1ccc(Cl)cc1. The lowest BCUT2D eigenvalue weighted by Gasteiger charge is -2.10. The van der Waals surface area contributed by atoms with Gasteiger partial charge < -0.3 is 14.6 Å². The lowest BCUT2D eigenvalue weighted by atomic mass is 10.2. The Morgan fingerprint density at radius 3 is 2.66 bits per heavy atom. The van der Waals surface area contributed by atoms with Crippen molar-refractivity contribution in [3.63, 3.8) is 0 Å². The molecule has 0 bridgehead atoms. The van der Waals surface area contributed by atoms with Crippen molar-refractivity contribution in [2.45, 2.75) is 32.2 Å². The first-order valence-corrected chi connectivity index (χ1v) is 10.7. The third-order valence-corrected chi connectivity index (χ3v) is 5.54. The Morgan fingerprint density at radius 1 is 1.17 bits per heavy atom. The van der Waals surface area contributed by atoms with Gasteiger partial charge in [-0.25, -0.2) is 0 Å². The van der Waals surface area contributed by atoms with Crippen LogP contribution in [0.4, 0.5) is 5.69 Å². The summed E-state index contributed by atoms with van der Waals surface area (Å²) < 4.78 is 7.74. The predicted octanol–water partition coefficient (Wildman–Crippen LogP) is 5.22. The second kappa shape index (κ2) is 10.0. The first-order valence-electron chi connectivity index (χ1n) is 8.95. The smallest absolute Gasteiger partial charge is 0.234 e. The van der Waals surface area contributed by atoms with Crippen LogP contribution in [0.15, 0.2) is 47.6 Å². The zero-order chi connectivity index (χ0) is 20.8. The zero-order valence-corrected chi connectivity index (χ0v) is 18.3. The minimum absolute atomic E-state index is 0.132. The molecule has 29 heavy (non-hydrogen) atoms. The van der Waals surface area contributed by atoms with Crippen LogP contribution in [0.1, 0.15) is 18.3 Å². The van der Waals surface area contributed by atoms with Gasteiger partial charge in [-0.05, 0) is 55.8 Å². The maximum absolute atomic E-state index is 12.2. The van der Waals surface area contributed by atoms with Crippen LogP contribution < -0.4 is 10.1 Å². The summed E-state index contributed by atoms with van der Waals surface area (Å²) in [5, 5.41) is 13.1. The van der Waals surface area contributed by atoms with Gasteiger partial charge in [0.25, 0.3) is 0 Å². The Bertz CT molecular complexity index is 993. The van der Waals surface area contributed by atoms with E-state index in [4.69, 9.17) is 27.9 Å². The first kappa shape index (κ1) is 21.5. The fourth-order valence-corrected chi connectivity index (χ4v) is 3.69. The van der Waals surface area contributed by atoms with Crippen LogP contribution in [0.5, 0.6) is 5.75 Å². The number of benzene rings is 2. The van der Waals surface area contributed by atoms with Crippen molar-refractivity contribution < 1.29 is 9.53 Å². The number of amides is 1. The van der Waals surface area contributed by atoms with E-state index in [9.17, 15) is 4.79 Å². The van der Waals surface area contributed by atoms with Gasteiger partial charge in [-0.2, -0.15) is 0 Å². The van der Waals surface area contributed by atoms with Crippen molar-refractivity contribution in [1.82, 2.24) is 14.8 Å². The molecule has 0 aliphatic rings. The van der Waals surface area contributed by atoms with E-state index in [0.29, 0.717) is 39.0 Å². The molecular weight excluding hydrogens is 431 g/mol. The Labute approximate surface area is 183 Å². The van der Waals surface area contributed by atoms with Crippen molar-refractivity contribution in [2.24, 2.45) is 0 Å². The summed E-state index contributed by atoms with van der Waals surface area (Å²) >= 11 is 13.4. The number of aryl methyl sites for hydroxylation is 1. The highest BCUT2D eigenvalue weighted by Gasteiger charge is 2.14. The van der Waals surface area contributed by atoms with Gasteiger partial charge >= 0.3 is 0 Å². The summed E-state index contributed by atoms with van der Waals surface area (Å²) in [6.07, 6.45) is 0. The molecule has 1 heterocycles. The highest BCUT2D eigenvalue weighted by Crippen LogP contribution is 2.26. The number of hydrogen-bond acceptors (Lipinski definition) is 5. The average Bonchev–Trinajstić information content (AvgIpc) is 3.10. The van der Waals surface area contributed by atoms with Crippen molar-refractivity contribution in [3.8, 4) is 5.75 Å². The summed E-state index contributed by atoms with van der Waals surface area (Å²) in [5.74, 6) is 1.36. The number of aromatic nitrogens is 3. The number of rotatable bonds is 8. The predicted molar refractivity (Wildman–Crippen MR) is 117 cm³/mol. The van der Waals surface area contributed by atoms with Gasteiger partial charge in [0.2, 0.25) is 5.91 Å². The number of carbonyl (C=O) groups is 1. The third-order valence-electron chi connectivity index (χ3n) is 4.01. The van der Waals surface area contributed by atoms with Crippen LogP contribution in [0.2, 0.25) is 10.0 Å². The molecule has 2 aromatic carbocycles. The minimum atomic E-state index is -0.132. The summed E-state index contributed by atoms with van der Waals surface area (Å²) in [6, 6.07) is 12.6. The van der Waals surface area contributed by atoms with Crippen molar-refractivity contribution in [1.29, 1.82) is 0 Å². The van der Waals surface area contributed by atoms with E-state index >= 15 is 0 Å². The van der Waals surface area contributed by atoms with E-state index in [-0.39, 0.29) is 18.3 Å². The normalized spacial score (nSPS) is 10.8. The highest BCUT2D eigenvalue weighted by atomic mass is 35.5. The van der Waals surface area contributed by atoms with Crippen LogP contribution >= 0.6 is 35.0 Å². The monoisotopic (exact) mass is 450 g/mol. The van der Waals surface area contributed by atoms with Crippen LogP contribution in [0.25, 0.3) is 0 Å². The van der Waals surface area contributed by atoms with E-state index in [2.05, 4.69) is 15.5 Å². The summed E-state index contributed by atoms with van der Waals surface area (Å²) in [7, 11) is 0. The molecular formula is C20H20Cl2N4O2S. The van der Waals surface area contributed by atoms with Gasteiger partial charge in [-0.1, -0.05) is 41.0 Å². The van der Waals surface area contributed by atoms with Crippen molar-refractivity contribution in [3.05, 3.63) is 63.9 Å². The van der Waals surface area contributed by atoms with Gasteiger partial charge in [-0.15, -0.1) is 10.2 Å². The maximum Gasteiger partial charge on any atom is 0.234 e. The quantitative estimate of drug-likeness (QED) is 0.476. The fourth-order valence-electron chi connectivity index (χ4n) is 2.57. The first-order chi connectivity index (χ1) is 14.0. The van der Waals surface area contributed by atoms with E-state index in [1.807, 2.05) is 30.5 Å². The molecule has 0 atom stereocenters. The lowest BCUT2D eigenvalue weighted by molar-refractivity contribution is -0.113. The molecule has 0 aliphatic heterocycles. The molecule has 0 spiro atoms. The summed E-state index contributed by atoms with van der Waals surface area (Å²) in [5.41, 5.74) is 1.75. The Hall–Kier alpha value is -2.22. The second-order valence-corrected chi connectivity index (χ2v) is 8.00. The Balaban J connectivity index is 1.59. The van der Waals surface area contributed by atoms with Crippen LogP contribution in [-0.4, -0.2) is 26.4 Å². The number of anilines is 1. The number of hydrogen-bond donors (Lipinski definition) is 1. The zero-order valence-electron chi connectivity index (χ0n) is 16.0. The van der Waals surface area contributed by atoms with E-state index in [1.54, 1.807) is 30.3 Å². The molecule has 1 amide bonds. The Morgan fingerprint density at radius 2 is 1.93 bits per heavy atom. The molecule has 0 fully saturated rings. The largest absolute Gasteiger partial charge is 0.484 e. The molecule has 0 unspecified atom stereocenters. The molecule has 0 aliphatic carbocycles. The van der Waals surface area contributed by atoms with Gasteiger partial charge in [-0.3, -0.25) is 4.79 Å². The molecule has 0 radical (unpaired) electrons. The summed E-state index contributed by atoms with van der Waals surface area (Å²) in [6.45, 7) is 4.86. The second-order valence-electron chi connectivity index (χ2n) is 6.21. The molecule has 1 N–H and O–H groups in total. The average molecular weight is 451 g/mol. The minimum Gasteiger partial charge on any atom is -0.484 e. The molecule has 6 nitrogen and oxygen atoms in total. The number of ether oxygens (including phenoxy) is 1. The number of carbonyl (C=O) groups excluding carboxylic acids is 1. The lowest BCUT2D eigenvalue weighted by Crippen LogP contribution is -2.14. The fraction of sp³-hybridized carbons (Fsp3) is 0.250. The third kappa shape index (κ3) is 5.88. The van der Waals surface area contributed by atoms with Gasteiger partial charge in [0.05, 0.1) is 10.8 Å². The molecule has 3 aromatic rings. The molecule has 0 saturated heterocycles. The molecule has 9 heteroatoms. The standard InChI is InChI=1S/C20H20Cl2N4O2S/c1-3-26-18(11-28-17-10-13(2)4-9-16(17)22)24-25-20(26)29-12-19(27)23-15-7-5-14(21)6-8-15/h4-10H,3,11-12H2,1-2H3,(H,23,27). The number of halogens is 2. The van der Waals surface area contributed by atoms with Crippen LogP contribution in [-0.2, 0) is 17.9 Å². The number of nitrogens with one attached hydrogen (secondary N) is 1. The topological polar surface area (TPSA) is 69.0 Å². The van der Waals surface area contributed by atoms with Gasteiger partial charge in [0, 0.05) is 17.3 Å². The highest BCUT2D eigenvalue weighted by molar-refractivity contribution is 7.99. The van der Waals surface area contributed by atoms with Gasteiger partial charge in [0.1, 0.15) is 12.4 Å². The number of thioether (sulfide) groups is 1. The maximum atomic E-state index is 12.2. The van der Waals surface area contributed by atoms with Crippen molar-refractivity contribution in [2.75, 3.05) is 11.1 Å². The van der Waals surface area contributed by atoms with Crippen LogP contribution in [0.3, 0.4) is 0 Å². The molecule has 1 aromatic heterocycles. The molecule has 152 valence electrons. The van der Waals surface area contributed by atoms with Crippen LogP contribution in [0, 0.1) is 6.92 Å². The molecule has 0 saturated carbocycles.